The summed E-state index contributed by atoms with van der Waals surface area (Å²) in [4.78, 5) is 12.2. The first-order valence-electron chi connectivity index (χ1n) is 5.37. The minimum Gasteiger partial charge on any atom is -0.444 e. The molecular weight excluding hydrogens is 338 g/mol. The van der Waals surface area contributed by atoms with Crippen molar-refractivity contribution in [1.82, 2.24) is 5.32 Å². The van der Waals surface area contributed by atoms with Gasteiger partial charge in [0.1, 0.15) is 0 Å². The van der Waals surface area contributed by atoms with Gasteiger partial charge in [0.15, 0.2) is 10.4 Å². The standard InChI is InChI=1S/C11H13Br2NO2/c12-7-3-1-2-4-8(7)14-11(15)9-5-6-10(13)16-9/h5-8H,1-4H2,(H,14,15). The largest absolute Gasteiger partial charge is 0.444 e. The summed E-state index contributed by atoms with van der Waals surface area (Å²) in [6.45, 7) is 0. The van der Waals surface area contributed by atoms with Gasteiger partial charge in [0.25, 0.3) is 5.91 Å². The van der Waals surface area contributed by atoms with Crippen LogP contribution in [0.4, 0.5) is 0 Å². The minimum atomic E-state index is -0.137. The zero-order valence-electron chi connectivity index (χ0n) is 8.71. The van der Waals surface area contributed by atoms with Crippen molar-refractivity contribution < 1.29 is 9.21 Å². The molecule has 0 aliphatic heterocycles. The lowest BCUT2D eigenvalue weighted by Gasteiger charge is -2.27. The molecule has 5 heteroatoms. The summed E-state index contributed by atoms with van der Waals surface area (Å²) in [7, 11) is 0. The number of hydrogen-bond donors (Lipinski definition) is 1. The molecule has 1 fully saturated rings. The highest BCUT2D eigenvalue weighted by Gasteiger charge is 2.25. The van der Waals surface area contributed by atoms with Crippen molar-refractivity contribution in [2.45, 2.75) is 36.6 Å². The van der Waals surface area contributed by atoms with Gasteiger partial charge in [-0.3, -0.25) is 4.79 Å². The molecule has 2 rings (SSSR count). The zero-order valence-corrected chi connectivity index (χ0v) is 11.9. The molecule has 0 spiro atoms. The molecule has 3 nitrogen and oxygen atoms in total. The fourth-order valence-corrected chi connectivity index (χ4v) is 2.95. The molecule has 0 radical (unpaired) electrons. The Hall–Kier alpha value is -0.290. The number of furan rings is 1. The maximum Gasteiger partial charge on any atom is 0.287 e. The van der Waals surface area contributed by atoms with Gasteiger partial charge in [0.2, 0.25) is 0 Å². The highest BCUT2D eigenvalue weighted by molar-refractivity contribution is 9.10. The summed E-state index contributed by atoms with van der Waals surface area (Å²) >= 11 is 6.79. The van der Waals surface area contributed by atoms with E-state index in [1.807, 2.05) is 0 Å². The molecule has 1 aliphatic carbocycles. The third kappa shape index (κ3) is 2.88. The fourth-order valence-electron chi connectivity index (χ4n) is 1.92. The predicted molar refractivity (Wildman–Crippen MR) is 68.8 cm³/mol. The van der Waals surface area contributed by atoms with E-state index in [2.05, 4.69) is 37.2 Å². The predicted octanol–water partition coefficient (Wildman–Crippen LogP) is 3.48. The Kier molecular flexibility index (Phi) is 4.08. The first kappa shape index (κ1) is 12.2. The Morgan fingerprint density at radius 3 is 2.75 bits per heavy atom. The van der Waals surface area contributed by atoms with E-state index in [4.69, 9.17) is 4.42 Å². The van der Waals surface area contributed by atoms with Gasteiger partial charge >= 0.3 is 0 Å². The van der Waals surface area contributed by atoms with Gasteiger partial charge in [-0.05, 0) is 40.9 Å². The number of rotatable bonds is 2. The monoisotopic (exact) mass is 349 g/mol. The Balaban J connectivity index is 1.96. The van der Waals surface area contributed by atoms with E-state index in [0.717, 1.165) is 12.8 Å². The van der Waals surface area contributed by atoms with Crippen LogP contribution in [0.25, 0.3) is 0 Å². The van der Waals surface area contributed by atoms with E-state index in [0.29, 0.717) is 15.3 Å². The van der Waals surface area contributed by atoms with Crippen LogP contribution in [-0.2, 0) is 0 Å². The SMILES string of the molecule is O=C(NC1CCCCC1Br)c1ccc(Br)o1. The summed E-state index contributed by atoms with van der Waals surface area (Å²) in [5.74, 6) is 0.221. The molecule has 2 unspecified atom stereocenters. The smallest absolute Gasteiger partial charge is 0.287 e. The first-order valence-corrected chi connectivity index (χ1v) is 7.08. The zero-order chi connectivity index (χ0) is 11.5. The van der Waals surface area contributed by atoms with Crippen LogP contribution < -0.4 is 5.32 Å². The lowest BCUT2D eigenvalue weighted by Crippen LogP contribution is -2.42. The third-order valence-electron chi connectivity index (χ3n) is 2.80. The summed E-state index contributed by atoms with van der Waals surface area (Å²) in [6.07, 6.45) is 4.56. The summed E-state index contributed by atoms with van der Waals surface area (Å²) in [5, 5.41) is 3.00. The van der Waals surface area contributed by atoms with E-state index in [-0.39, 0.29) is 11.9 Å². The summed E-state index contributed by atoms with van der Waals surface area (Å²) in [6, 6.07) is 3.61. The molecule has 88 valence electrons. The first-order chi connectivity index (χ1) is 7.66. The van der Waals surface area contributed by atoms with Crippen LogP contribution in [0.5, 0.6) is 0 Å². The van der Waals surface area contributed by atoms with E-state index >= 15 is 0 Å². The number of nitrogens with one attached hydrogen (secondary N) is 1. The second-order valence-electron chi connectivity index (χ2n) is 3.98. The third-order valence-corrected chi connectivity index (χ3v) is 4.32. The van der Waals surface area contributed by atoms with Gasteiger partial charge in [-0.15, -0.1) is 0 Å². The fraction of sp³-hybridized carbons (Fsp3) is 0.545. The molecule has 0 saturated heterocycles. The summed E-state index contributed by atoms with van der Waals surface area (Å²) in [5.41, 5.74) is 0. The van der Waals surface area contributed by atoms with Crippen molar-refractivity contribution >= 4 is 37.8 Å². The Labute approximate surface area is 111 Å². The minimum absolute atomic E-state index is 0.137. The number of amides is 1. The highest BCUT2D eigenvalue weighted by atomic mass is 79.9. The van der Waals surface area contributed by atoms with Crippen molar-refractivity contribution in [3.63, 3.8) is 0 Å². The number of hydrogen-bond acceptors (Lipinski definition) is 2. The molecule has 1 aliphatic rings. The molecule has 1 amide bonds. The van der Waals surface area contributed by atoms with Crippen molar-refractivity contribution in [2.75, 3.05) is 0 Å². The second-order valence-corrected chi connectivity index (χ2v) is 5.94. The maximum absolute atomic E-state index is 11.8. The molecule has 16 heavy (non-hydrogen) atoms. The van der Waals surface area contributed by atoms with Crippen LogP contribution in [0.3, 0.4) is 0 Å². The lowest BCUT2D eigenvalue weighted by atomic mass is 9.95. The molecule has 1 N–H and O–H groups in total. The second kappa shape index (κ2) is 5.36. The normalized spacial score (nSPS) is 25.4. The average Bonchev–Trinajstić information content (AvgIpc) is 2.68. The topological polar surface area (TPSA) is 42.2 Å². The van der Waals surface area contributed by atoms with Gasteiger partial charge in [0.05, 0.1) is 0 Å². The number of halogens is 2. The molecule has 1 heterocycles. The van der Waals surface area contributed by atoms with Crippen molar-refractivity contribution in [3.8, 4) is 0 Å². The molecule has 2 atom stereocenters. The van der Waals surface area contributed by atoms with Gasteiger partial charge in [0, 0.05) is 10.9 Å². The van der Waals surface area contributed by atoms with Crippen LogP contribution >= 0.6 is 31.9 Å². The Morgan fingerprint density at radius 1 is 1.38 bits per heavy atom. The summed E-state index contributed by atoms with van der Waals surface area (Å²) < 4.78 is 5.79. The Bertz CT molecular complexity index is 378. The van der Waals surface area contributed by atoms with Crippen LogP contribution in [0, 0.1) is 0 Å². The molecular formula is C11H13Br2NO2. The van der Waals surface area contributed by atoms with Crippen molar-refractivity contribution in [3.05, 3.63) is 22.6 Å². The number of carbonyl (C=O) groups excluding carboxylic acids is 1. The highest BCUT2D eigenvalue weighted by Crippen LogP contribution is 2.25. The molecule has 0 aromatic carbocycles. The van der Waals surface area contributed by atoms with E-state index in [1.165, 1.54) is 12.8 Å². The molecule has 0 bridgehead atoms. The lowest BCUT2D eigenvalue weighted by molar-refractivity contribution is 0.0900. The average molecular weight is 351 g/mol. The van der Waals surface area contributed by atoms with E-state index < -0.39 is 0 Å². The number of carbonyl (C=O) groups is 1. The van der Waals surface area contributed by atoms with Crippen molar-refractivity contribution in [2.24, 2.45) is 0 Å². The molecule has 1 aromatic heterocycles. The van der Waals surface area contributed by atoms with Gasteiger partial charge in [-0.2, -0.15) is 0 Å². The van der Waals surface area contributed by atoms with Crippen LogP contribution in [-0.4, -0.2) is 16.8 Å². The van der Waals surface area contributed by atoms with Crippen LogP contribution in [0.2, 0.25) is 0 Å². The van der Waals surface area contributed by atoms with Crippen molar-refractivity contribution in [1.29, 1.82) is 0 Å². The van der Waals surface area contributed by atoms with Gasteiger partial charge in [-0.1, -0.05) is 28.8 Å². The molecule has 1 aromatic rings. The van der Waals surface area contributed by atoms with Crippen LogP contribution in [0.1, 0.15) is 36.2 Å². The van der Waals surface area contributed by atoms with Gasteiger partial charge in [-0.25, -0.2) is 0 Å². The Morgan fingerprint density at radius 2 is 2.12 bits per heavy atom. The van der Waals surface area contributed by atoms with E-state index in [9.17, 15) is 4.79 Å². The van der Waals surface area contributed by atoms with Gasteiger partial charge < -0.3 is 9.73 Å². The quantitative estimate of drug-likeness (QED) is 0.830. The van der Waals surface area contributed by atoms with E-state index in [1.54, 1.807) is 12.1 Å². The van der Waals surface area contributed by atoms with Crippen LogP contribution in [0.15, 0.2) is 21.2 Å². The number of alkyl halides is 1. The molecule has 1 saturated carbocycles. The maximum atomic E-state index is 11.8.